The van der Waals surface area contributed by atoms with Crippen LogP contribution in [-0.2, 0) is 4.74 Å². The first kappa shape index (κ1) is 16.2. The van der Waals surface area contributed by atoms with Crippen molar-refractivity contribution in [3.05, 3.63) is 22.7 Å². The summed E-state index contributed by atoms with van der Waals surface area (Å²) in [7, 11) is 0. The SMILES string of the molecule is Cc1nc2cc(C)c(N(CCOCCO)C(C)C)cc2s1. The van der Waals surface area contributed by atoms with E-state index >= 15 is 0 Å². The Kier molecular flexibility index (Phi) is 5.56. The number of aromatic nitrogens is 1. The number of nitrogens with zero attached hydrogens (tertiary/aromatic N) is 2. The van der Waals surface area contributed by atoms with Crippen LogP contribution in [0.5, 0.6) is 0 Å². The van der Waals surface area contributed by atoms with E-state index in [2.05, 4.69) is 42.8 Å². The van der Waals surface area contributed by atoms with Crippen molar-refractivity contribution in [2.24, 2.45) is 0 Å². The van der Waals surface area contributed by atoms with E-state index in [1.807, 2.05) is 6.92 Å². The second kappa shape index (κ2) is 7.20. The van der Waals surface area contributed by atoms with Crippen molar-refractivity contribution < 1.29 is 9.84 Å². The zero-order chi connectivity index (χ0) is 15.4. The predicted octanol–water partition coefficient (Wildman–Crippen LogP) is 3.14. The average Bonchev–Trinajstić information content (AvgIpc) is 2.77. The molecule has 0 bridgehead atoms. The monoisotopic (exact) mass is 308 g/mol. The van der Waals surface area contributed by atoms with Crippen LogP contribution in [-0.4, -0.2) is 42.5 Å². The number of anilines is 1. The third-order valence-electron chi connectivity index (χ3n) is 3.46. The van der Waals surface area contributed by atoms with Gasteiger partial charge in [-0.3, -0.25) is 0 Å². The second-order valence-electron chi connectivity index (χ2n) is 5.46. The standard InChI is InChI=1S/C16H24N2O2S/c1-11(2)18(5-7-20-8-6-19)15-10-16-14(9-12(15)3)17-13(4)21-16/h9-11,19H,5-8H2,1-4H3. The van der Waals surface area contributed by atoms with Crippen LogP contribution in [0.3, 0.4) is 0 Å². The Bertz CT molecular complexity index is 595. The molecule has 2 rings (SSSR count). The number of aliphatic hydroxyl groups is 1. The third-order valence-corrected chi connectivity index (χ3v) is 4.39. The van der Waals surface area contributed by atoms with Gasteiger partial charge in [0.1, 0.15) is 0 Å². The third kappa shape index (κ3) is 3.93. The van der Waals surface area contributed by atoms with Gasteiger partial charge in [-0.1, -0.05) is 0 Å². The van der Waals surface area contributed by atoms with E-state index in [-0.39, 0.29) is 6.61 Å². The fourth-order valence-corrected chi connectivity index (χ4v) is 3.32. The van der Waals surface area contributed by atoms with E-state index in [9.17, 15) is 0 Å². The number of hydrogen-bond donors (Lipinski definition) is 1. The van der Waals surface area contributed by atoms with E-state index in [0.717, 1.165) is 17.1 Å². The molecule has 0 aliphatic carbocycles. The fraction of sp³-hybridized carbons (Fsp3) is 0.562. The van der Waals surface area contributed by atoms with E-state index in [1.54, 1.807) is 11.3 Å². The number of thiazole rings is 1. The summed E-state index contributed by atoms with van der Waals surface area (Å²) in [6.07, 6.45) is 0. The molecule has 2 aromatic rings. The number of ether oxygens (including phenoxy) is 1. The lowest BCUT2D eigenvalue weighted by atomic mass is 10.1. The molecule has 116 valence electrons. The van der Waals surface area contributed by atoms with Gasteiger partial charge >= 0.3 is 0 Å². The van der Waals surface area contributed by atoms with Gasteiger partial charge in [0.2, 0.25) is 0 Å². The highest BCUT2D eigenvalue weighted by Crippen LogP contribution is 2.31. The van der Waals surface area contributed by atoms with Gasteiger partial charge in [0.25, 0.3) is 0 Å². The van der Waals surface area contributed by atoms with Gasteiger partial charge < -0.3 is 14.7 Å². The molecule has 0 aliphatic heterocycles. The molecule has 0 fully saturated rings. The number of fused-ring (bicyclic) bond motifs is 1. The Hall–Kier alpha value is -1.17. The smallest absolute Gasteiger partial charge is 0.0907 e. The molecule has 1 N–H and O–H groups in total. The van der Waals surface area contributed by atoms with Gasteiger partial charge in [-0.15, -0.1) is 11.3 Å². The van der Waals surface area contributed by atoms with Gasteiger partial charge in [-0.2, -0.15) is 0 Å². The maximum absolute atomic E-state index is 8.78. The van der Waals surface area contributed by atoms with Crippen LogP contribution in [0, 0.1) is 13.8 Å². The Labute approximate surface area is 130 Å². The van der Waals surface area contributed by atoms with Crippen LogP contribution in [0.2, 0.25) is 0 Å². The summed E-state index contributed by atoms with van der Waals surface area (Å²) in [4.78, 5) is 6.90. The Morgan fingerprint density at radius 2 is 2.05 bits per heavy atom. The van der Waals surface area contributed by atoms with Gasteiger partial charge in [-0.25, -0.2) is 4.98 Å². The molecule has 0 atom stereocenters. The van der Waals surface area contributed by atoms with Crippen LogP contribution in [0.25, 0.3) is 10.2 Å². The van der Waals surface area contributed by atoms with Crippen LogP contribution in [0.1, 0.15) is 24.4 Å². The zero-order valence-electron chi connectivity index (χ0n) is 13.2. The highest BCUT2D eigenvalue weighted by molar-refractivity contribution is 7.18. The Morgan fingerprint density at radius 3 is 2.71 bits per heavy atom. The van der Waals surface area contributed by atoms with E-state index < -0.39 is 0 Å². The molecule has 0 saturated carbocycles. The number of aliphatic hydroxyl groups excluding tert-OH is 1. The van der Waals surface area contributed by atoms with Gasteiger partial charge in [0.05, 0.1) is 35.0 Å². The first-order valence-electron chi connectivity index (χ1n) is 7.36. The summed E-state index contributed by atoms with van der Waals surface area (Å²) in [6.45, 7) is 10.5. The van der Waals surface area contributed by atoms with Crippen molar-refractivity contribution >= 4 is 27.2 Å². The normalized spacial score (nSPS) is 11.5. The summed E-state index contributed by atoms with van der Waals surface area (Å²) >= 11 is 1.73. The van der Waals surface area contributed by atoms with E-state index in [4.69, 9.17) is 9.84 Å². The highest BCUT2D eigenvalue weighted by Gasteiger charge is 2.15. The van der Waals surface area contributed by atoms with Crippen molar-refractivity contribution in [2.75, 3.05) is 31.3 Å². The number of benzene rings is 1. The quantitative estimate of drug-likeness (QED) is 0.798. The minimum absolute atomic E-state index is 0.0762. The number of aryl methyl sites for hydroxylation is 2. The van der Waals surface area contributed by atoms with Crippen LogP contribution in [0.4, 0.5) is 5.69 Å². The minimum Gasteiger partial charge on any atom is -0.394 e. The zero-order valence-corrected chi connectivity index (χ0v) is 14.0. The summed E-state index contributed by atoms with van der Waals surface area (Å²) in [5, 5.41) is 9.88. The largest absolute Gasteiger partial charge is 0.394 e. The van der Waals surface area contributed by atoms with Crippen molar-refractivity contribution in [2.45, 2.75) is 33.7 Å². The maximum atomic E-state index is 8.78. The number of rotatable bonds is 7. The molecule has 0 spiro atoms. The van der Waals surface area contributed by atoms with Crippen LogP contribution >= 0.6 is 11.3 Å². The van der Waals surface area contributed by atoms with Gasteiger partial charge in [0, 0.05) is 18.3 Å². The molecule has 5 heteroatoms. The van der Waals surface area contributed by atoms with Gasteiger partial charge in [0.15, 0.2) is 0 Å². The highest BCUT2D eigenvalue weighted by atomic mass is 32.1. The first-order valence-corrected chi connectivity index (χ1v) is 8.17. The topological polar surface area (TPSA) is 45.6 Å². The number of hydrogen-bond acceptors (Lipinski definition) is 5. The Morgan fingerprint density at radius 1 is 1.29 bits per heavy atom. The average molecular weight is 308 g/mol. The second-order valence-corrected chi connectivity index (χ2v) is 6.70. The summed E-state index contributed by atoms with van der Waals surface area (Å²) in [5.74, 6) is 0. The fourth-order valence-electron chi connectivity index (χ4n) is 2.48. The molecule has 1 heterocycles. The maximum Gasteiger partial charge on any atom is 0.0907 e. The predicted molar refractivity (Wildman–Crippen MR) is 89.5 cm³/mol. The summed E-state index contributed by atoms with van der Waals surface area (Å²) in [5.41, 5.74) is 3.57. The molecule has 21 heavy (non-hydrogen) atoms. The Balaban J connectivity index is 2.24. The lowest BCUT2D eigenvalue weighted by molar-refractivity contribution is 0.0961. The first-order chi connectivity index (χ1) is 10.0. The molecule has 0 amide bonds. The lowest BCUT2D eigenvalue weighted by Gasteiger charge is -2.30. The molecule has 0 unspecified atom stereocenters. The van der Waals surface area contributed by atoms with E-state index in [1.165, 1.54) is 16.0 Å². The molecule has 4 nitrogen and oxygen atoms in total. The molecular weight excluding hydrogens is 284 g/mol. The summed E-state index contributed by atoms with van der Waals surface area (Å²) < 4.78 is 6.65. The van der Waals surface area contributed by atoms with Crippen molar-refractivity contribution in [1.82, 2.24) is 4.98 Å². The molecule has 0 aliphatic rings. The van der Waals surface area contributed by atoms with Crippen LogP contribution < -0.4 is 4.90 Å². The van der Waals surface area contributed by atoms with Crippen molar-refractivity contribution in [3.8, 4) is 0 Å². The summed E-state index contributed by atoms with van der Waals surface area (Å²) in [6, 6.07) is 4.80. The minimum atomic E-state index is 0.0762. The molecule has 0 saturated heterocycles. The van der Waals surface area contributed by atoms with Gasteiger partial charge in [-0.05, 0) is 45.4 Å². The molecule has 1 aromatic carbocycles. The van der Waals surface area contributed by atoms with Crippen molar-refractivity contribution in [3.63, 3.8) is 0 Å². The molecule has 1 aromatic heterocycles. The lowest BCUT2D eigenvalue weighted by Crippen LogP contribution is -2.34. The van der Waals surface area contributed by atoms with Crippen LogP contribution in [0.15, 0.2) is 12.1 Å². The van der Waals surface area contributed by atoms with Crippen molar-refractivity contribution in [1.29, 1.82) is 0 Å². The molecular formula is C16H24N2O2S. The molecule has 0 radical (unpaired) electrons. The van der Waals surface area contributed by atoms with E-state index in [0.29, 0.717) is 19.3 Å².